The number of ether oxygens (including phenoxy) is 2. The monoisotopic (exact) mass is 685 g/mol. The number of hydrogen-bond donors (Lipinski definition) is 9. The third kappa shape index (κ3) is 7.00. The van der Waals surface area contributed by atoms with E-state index in [0.29, 0.717) is 0 Å². The minimum absolute atomic E-state index is 0.113. The third-order valence-corrected chi connectivity index (χ3v) is 9.27. The van der Waals surface area contributed by atoms with Crippen molar-refractivity contribution in [1.29, 1.82) is 0 Å². The van der Waals surface area contributed by atoms with E-state index in [1.807, 2.05) is 0 Å². The van der Waals surface area contributed by atoms with Gasteiger partial charge in [0.1, 0.15) is 55.0 Å². The lowest BCUT2D eigenvalue weighted by Gasteiger charge is -2.39. The van der Waals surface area contributed by atoms with Crippen LogP contribution in [-0.2, 0) is 38.6 Å². The van der Waals surface area contributed by atoms with E-state index < -0.39 is 96.2 Å². The largest absolute Gasteiger partial charge is 0.756 e. The Kier molecular flexibility index (Phi) is 9.55. The van der Waals surface area contributed by atoms with E-state index in [1.54, 1.807) is 0 Å². The van der Waals surface area contributed by atoms with Gasteiger partial charge in [-0.3, -0.25) is 23.4 Å². The lowest BCUT2D eigenvalue weighted by molar-refractivity contribution is -0.254. The quantitative estimate of drug-likeness (QED) is 0.0851. The van der Waals surface area contributed by atoms with Gasteiger partial charge in [-0.25, -0.2) is 18.5 Å². The molecular formula is C19H27N8O16P2-. The first-order valence-electron chi connectivity index (χ1n) is 12.7. The second-order valence-electron chi connectivity index (χ2n) is 9.80. The molecule has 10 N–H and O–H groups in total. The number of nitrogens with one attached hydrogen (secondary N) is 1. The number of anilines is 1. The molecule has 0 aliphatic carbocycles. The molecule has 11 atom stereocenters. The Balaban J connectivity index is 1.16. The van der Waals surface area contributed by atoms with E-state index in [0.717, 1.165) is 21.8 Å². The van der Waals surface area contributed by atoms with Crippen LogP contribution < -0.4 is 16.2 Å². The number of aliphatic hydroxyl groups excluding tert-OH is 6. The first-order chi connectivity index (χ1) is 21.1. The van der Waals surface area contributed by atoms with Gasteiger partial charge in [0.2, 0.25) is 5.95 Å². The molecule has 5 heterocycles. The lowest BCUT2D eigenvalue weighted by Crippen LogP contribution is -2.56. The van der Waals surface area contributed by atoms with Crippen LogP contribution in [0.5, 0.6) is 0 Å². The van der Waals surface area contributed by atoms with E-state index >= 15 is 0 Å². The molecule has 250 valence electrons. The summed E-state index contributed by atoms with van der Waals surface area (Å²) in [6.45, 7) is -2.59. The molecule has 0 bridgehead atoms. The maximum atomic E-state index is 12.3. The van der Waals surface area contributed by atoms with Gasteiger partial charge in [0.25, 0.3) is 13.4 Å². The van der Waals surface area contributed by atoms with Crippen molar-refractivity contribution >= 4 is 32.8 Å². The Labute approximate surface area is 249 Å². The zero-order valence-electron chi connectivity index (χ0n) is 22.4. The second kappa shape index (κ2) is 12.8. The molecule has 0 saturated carbocycles. The first kappa shape index (κ1) is 33.6. The van der Waals surface area contributed by atoms with Crippen LogP contribution in [0.15, 0.2) is 17.3 Å². The number of aromatic amines is 1. The van der Waals surface area contributed by atoms with Crippen molar-refractivity contribution in [2.24, 2.45) is 0 Å². The summed E-state index contributed by atoms with van der Waals surface area (Å²) < 4.78 is 50.6. The van der Waals surface area contributed by atoms with Crippen LogP contribution in [0.1, 0.15) is 18.1 Å². The number of nitrogen functional groups attached to an aromatic ring is 1. The lowest BCUT2D eigenvalue weighted by atomic mass is 9.98. The molecule has 26 heteroatoms. The maximum Gasteiger partial charge on any atom is 0.479 e. The molecule has 3 aromatic heterocycles. The highest BCUT2D eigenvalue weighted by Gasteiger charge is 2.46. The van der Waals surface area contributed by atoms with Crippen molar-refractivity contribution < 1.29 is 72.4 Å². The van der Waals surface area contributed by atoms with Crippen LogP contribution in [-0.4, -0.2) is 126 Å². The topological polar surface area (TPSA) is 365 Å². The summed E-state index contributed by atoms with van der Waals surface area (Å²) in [5, 5.41) is 67.3. The molecular weight excluding hydrogens is 658 g/mol. The minimum atomic E-state index is -5.64. The van der Waals surface area contributed by atoms with Gasteiger partial charge in [-0.1, -0.05) is 5.21 Å². The molecule has 2 saturated heterocycles. The van der Waals surface area contributed by atoms with Crippen LogP contribution in [0.4, 0.5) is 5.95 Å². The van der Waals surface area contributed by atoms with Crippen molar-refractivity contribution in [3.05, 3.63) is 28.6 Å². The maximum absolute atomic E-state index is 12.3. The van der Waals surface area contributed by atoms with Gasteiger partial charge in [-0.15, -0.1) is 5.10 Å². The molecule has 2 unspecified atom stereocenters. The summed E-state index contributed by atoms with van der Waals surface area (Å²) in [6.07, 6.45) is -12.1. The summed E-state index contributed by atoms with van der Waals surface area (Å²) in [5.41, 5.74) is 4.36. The molecule has 0 spiro atoms. The highest BCUT2D eigenvalue weighted by atomic mass is 31.3. The fourth-order valence-electron chi connectivity index (χ4n) is 4.52. The number of imidazole rings is 1. The molecule has 2 fully saturated rings. The van der Waals surface area contributed by atoms with Crippen LogP contribution in [0.3, 0.4) is 0 Å². The van der Waals surface area contributed by atoms with Crippen LogP contribution in [0.25, 0.3) is 11.2 Å². The SMILES string of the molecule is Nc1nc2c(ncn2[C@@H]2O[C@H](COP(=O)([O-])OP(=O)(O)OCc3cn([C@@H]4O[C@H](CO)[C@H](O)[C@H](O)[C@H]4O)nn3)[C@@H](O)[C@H]2O)c(=O)[nH]1. The van der Waals surface area contributed by atoms with Crippen LogP contribution in [0, 0.1) is 0 Å². The number of rotatable bonds is 11. The Morgan fingerprint density at radius 3 is 2.40 bits per heavy atom. The van der Waals surface area contributed by atoms with E-state index in [-0.39, 0.29) is 22.8 Å². The van der Waals surface area contributed by atoms with Gasteiger partial charge < -0.3 is 60.2 Å². The molecule has 5 rings (SSSR count). The highest BCUT2D eigenvalue weighted by Crippen LogP contribution is 2.58. The van der Waals surface area contributed by atoms with E-state index in [1.165, 1.54) is 0 Å². The van der Waals surface area contributed by atoms with E-state index in [4.69, 9.17) is 15.2 Å². The van der Waals surface area contributed by atoms with E-state index in [9.17, 15) is 54.4 Å². The summed E-state index contributed by atoms with van der Waals surface area (Å²) in [7, 11) is -11.0. The van der Waals surface area contributed by atoms with Gasteiger partial charge >= 0.3 is 7.82 Å². The molecule has 45 heavy (non-hydrogen) atoms. The third-order valence-electron chi connectivity index (χ3n) is 6.72. The molecule has 0 amide bonds. The second-order valence-corrected chi connectivity index (χ2v) is 12.8. The number of H-pyrrole nitrogens is 1. The average Bonchev–Trinajstić information content (AvgIpc) is 3.68. The van der Waals surface area contributed by atoms with Crippen LogP contribution in [0.2, 0.25) is 0 Å². The van der Waals surface area contributed by atoms with Crippen molar-refractivity contribution in [3.8, 4) is 0 Å². The number of phosphoric acid groups is 2. The summed E-state index contributed by atoms with van der Waals surface area (Å²) >= 11 is 0. The Morgan fingerprint density at radius 2 is 1.69 bits per heavy atom. The van der Waals surface area contributed by atoms with Gasteiger partial charge in [0.15, 0.2) is 23.6 Å². The van der Waals surface area contributed by atoms with Gasteiger partial charge in [0, 0.05) is 0 Å². The van der Waals surface area contributed by atoms with Crippen molar-refractivity contribution in [1.82, 2.24) is 34.5 Å². The van der Waals surface area contributed by atoms with Crippen molar-refractivity contribution in [2.45, 2.75) is 61.8 Å². The predicted octanol–water partition coefficient (Wildman–Crippen LogP) is -5.30. The molecule has 2 aliphatic rings. The zero-order valence-corrected chi connectivity index (χ0v) is 24.2. The predicted molar refractivity (Wildman–Crippen MR) is 137 cm³/mol. The van der Waals surface area contributed by atoms with Gasteiger partial charge in [0.05, 0.1) is 25.7 Å². The zero-order chi connectivity index (χ0) is 32.8. The van der Waals surface area contributed by atoms with E-state index in [2.05, 4.69) is 38.6 Å². The number of aromatic nitrogens is 7. The number of nitrogens with zero attached hydrogens (tertiary/aromatic N) is 6. The Morgan fingerprint density at radius 1 is 1.02 bits per heavy atom. The Bertz CT molecular complexity index is 1670. The summed E-state index contributed by atoms with van der Waals surface area (Å²) in [6, 6.07) is 0. The number of fused-ring (bicyclic) bond motifs is 1. The number of aliphatic hydroxyl groups is 6. The van der Waals surface area contributed by atoms with Crippen molar-refractivity contribution in [3.63, 3.8) is 0 Å². The normalized spacial score (nSPS) is 33.3. The molecule has 0 aromatic carbocycles. The molecule has 0 radical (unpaired) electrons. The minimum Gasteiger partial charge on any atom is -0.756 e. The molecule has 3 aromatic rings. The summed E-state index contributed by atoms with van der Waals surface area (Å²) in [4.78, 5) is 44.2. The van der Waals surface area contributed by atoms with Gasteiger partial charge in [-0.2, -0.15) is 4.98 Å². The van der Waals surface area contributed by atoms with Crippen molar-refractivity contribution in [2.75, 3.05) is 18.9 Å². The Hall–Kier alpha value is -2.77. The van der Waals surface area contributed by atoms with Gasteiger partial charge in [-0.05, 0) is 0 Å². The average molecular weight is 685 g/mol. The number of phosphoric ester groups is 2. The first-order valence-corrected chi connectivity index (χ1v) is 15.7. The number of hydrogen-bond acceptors (Lipinski definition) is 20. The fourth-order valence-corrected chi connectivity index (χ4v) is 6.53. The standard InChI is InChI=1S/C19H28N8O16P2/c20-19-22-15-9(16(34)23-19)21-5-26(15)17-13(32)11(30)8(42-17)4-40-45(37,38)43-44(35,36)39-3-6-1-27(25-24-6)18-14(33)12(31)10(29)7(2-28)41-18/h1,5,7-8,10-14,17-18,28-33H,2-4H2,(H,35,36)(H,37,38)(H3,20,22,23,34)/p-1/t7-,8-,10+,11-,12+,13-,14-,17-,18-/m1/s1. The highest BCUT2D eigenvalue weighted by molar-refractivity contribution is 7.60. The smallest absolute Gasteiger partial charge is 0.479 e. The summed E-state index contributed by atoms with van der Waals surface area (Å²) in [5.74, 6) is -0.277. The molecule has 24 nitrogen and oxygen atoms in total. The fraction of sp³-hybridized carbons (Fsp3) is 0.632. The number of nitrogens with two attached hydrogens (primary N) is 1. The molecule has 2 aliphatic heterocycles. The van der Waals surface area contributed by atoms with Crippen LogP contribution >= 0.6 is 15.6 Å².